The first kappa shape index (κ1) is 24.0. The lowest BCUT2D eigenvalue weighted by Crippen LogP contribution is -2.27. The highest BCUT2D eigenvalue weighted by Gasteiger charge is 2.22. The number of carbonyl (C=O) groups excluding carboxylic acids is 1. The quantitative estimate of drug-likeness (QED) is 0.163. The number of hydrogen-bond acceptors (Lipinski definition) is 5. The van der Waals surface area contributed by atoms with Crippen LogP contribution in [0.25, 0.3) is 0 Å². The molecule has 0 bridgehead atoms. The summed E-state index contributed by atoms with van der Waals surface area (Å²) in [6.07, 6.45) is 6.71. The van der Waals surface area contributed by atoms with Gasteiger partial charge in [0.2, 0.25) is 5.88 Å². The number of allylic oxidation sites excluding steroid dienone is 2. The summed E-state index contributed by atoms with van der Waals surface area (Å²) in [5.41, 5.74) is 0.337. The number of ether oxygens (including phenoxy) is 1. The van der Waals surface area contributed by atoms with Crippen molar-refractivity contribution in [1.82, 2.24) is 0 Å². The van der Waals surface area contributed by atoms with Crippen LogP contribution in [0.4, 0.5) is 0 Å². The van der Waals surface area contributed by atoms with Crippen molar-refractivity contribution < 1.29 is 19.7 Å². The average Bonchev–Trinajstić information content (AvgIpc) is 2.48. The molecule has 0 aliphatic carbocycles. The highest BCUT2D eigenvalue weighted by atomic mass is 16.6. The molecule has 0 aromatic carbocycles. The normalized spacial score (nSPS) is 15.3. The van der Waals surface area contributed by atoms with Crippen molar-refractivity contribution in [3.05, 3.63) is 37.0 Å². The van der Waals surface area contributed by atoms with Crippen LogP contribution in [-0.2, 0) is 9.53 Å². The summed E-state index contributed by atoms with van der Waals surface area (Å²) in [6, 6.07) is 0. The summed E-state index contributed by atoms with van der Waals surface area (Å²) in [5.74, 6) is -0.676. The average molecular weight is 366 g/mol. The van der Waals surface area contributed by atoms with Crippen molar-refractivity contribution in [2.24, 2.45) is 16.8 Å². The maximum Gasteiger partial charge on any atom is 0.309 e. The molecule has 0 aromatic heterocycles. The van der Waals surface area contributed by atoms with Gasteiger partial charge >= 0.3 is 5.97 Å². The van der Waals surface area contributed by atoms with E-state index in [4.69, 9.17) is 9.84 Å². The Morgan fingerprint density at radius 2 is 1.88 bits per heavy atom. The summed E-state index contributed by atoms with van der Waals surface area (Å²) in [5, 5.41) is 18.9. The predicted octanol–water partition coefficient (Wildman–Crippen LogP) is 5.65. The number of hydrogen-bond donors (Lipinski definition) is 2. The maximum absolute atomic E-state index is 12.1. The molecule has 2 N–H and O–H groups in total. The Labute approximate surface area is 158 Å². The minimum absolute atomic E-state index is 0.155. The van der Waals surface area contributed by atoms with Crippen LogP contribution in [0.15, 0.2) is 41.9 Å². The van der Waals surface area contributed by atoms with E-state index in [0.717, 1.165) is 37.5 Å². The molecule has 0 fully saturated rings. The van der Waals surface area contributed by atoms with Gasteiger partial charge in [-0.3, -0.25) is 4.79 Å². The first-order valence-corrected chi connectivity index (χ1v) is 9.19. The van der Waals surface area contributed by atoms with Crippen LogP contribution in [0, 0.1) is 11.8 Å². The molecule has 5 heteroatoms. The molecule has 0 amide bonds. The Kier molecular flexibility index (Phi) is 10.6. The van der Waals surface area contributed by atoms with Crippen molar-refractivity contribution in [1.29, 1.82) is 0 Å². The lowest BCUT2D eigenvalue weighted by atomic mass is 9.90. The smallest absolute Gasteiger partial charge is 0.309 e. The highest BCUT2D eigenvalue weighted by Crippen LogP contribution is 2.22. The van der Waals surface area contributed by atoms with E-state index in [9.17, 15) is 9.90 Å². The predicted molar refractivity (Wildman–Crippen MR) is 107 cm³/mol. The van der Waals surface area contributed by atoms with E-state index >= 15 is 0 Å². The van der Waals surface area contributed by atoms with Crippen LogP contribution < -0.4 is 0 Å². The van der Waals surface area contributed by atoms with Gasteiger partial charge in [0.05, 0.1) is 5.92 Å². The zero-order chi connectivity index (χ0) is 20.3. The molecule has 0 saturated carbocycles. The standard InChI is InChI=1S/C21H35NO4/c1-8-11-18(22-19(24)14-16(4)23)17(9-2)13-10-12-15(3)20(25)26-21(5,6)7/h8,14-15,17,23-24H,1,4,9-13H2,2-3,5-7H3/b19-14+,22-18+. The molecule has 0 heterocycles. The van der Waals surface area contributed by atoms with Crippen molar-refractivity contribution in [2.45, 2.75) is 72.3 Å². The molecule has 0 aromatic rings. The topological polar surface area (TPSA) is 79.1 Å². The lowest BCUT2D eigenvalue weighted by Gasteiger charge is -2.23. The van der Waals surface area contributed by atoms with Gasteiger partial charge < -0.3 is 14.9 Å². The molecule has 0 spiro atoms. The second-order valence-electron chi connectivity index (χ2n) is 7.56. The lowest BCUT2D eigenvalue weighted by molar-refractivity contribution is -0.159. The van der Waals surface area contributed by atoms with Crippen molar-refractivity contribution >= 4 is 11.7 Å². The number of aliphatic hydroxyl groups excluding tert-OH is 2. The van der Waals surface area contributed by atoms with Gasteiger partial charge in [0, 0.05) is 18.2 Å². The fourth-order valence-electron chi connectivity index (χ4n) is 2.58. The third-order valence-electron chi connectivity index (χ3n) is 3.87. The number of rotatable bonds is 11. The molecule has 26 heavy (non-hydrogen) atoms. The molecule has 0 rings (SSSR count). The first-order chi connectivity index (χ1) is 12.0. The van der Waals surface area contributed by atoms with E-state index in [2.05, 4.69) is 25.1 Å². The summed E-state index contributed by atoms with van der Waals surface area (Å²) < 4.78 is 5.41. The number of aliphatic hydroxyl groups is 2. The zero-order valence-electron chi connectivity index (χ0n) is 16.9. The van der Waals surface area contributed by atoms with Crippen LogP contribution >= 0.6 is 0 Å². The van der Waals surface area contributed by atoms with E-state index in [0.29, 0.717) is 6.42 Å². The summed E-state index contributed by atoms with van der Waals surface area (Å²) in [6.45, 7) is 16.6. The van der Waals surface area contributed by atoms with E-state index in [1.165, 1.54) is 0 Å². The van der Waals surface area contributed by atoms with Crippen LogP contribution in [0.5, 0.6) is 0 Å². The van der Waals surface area contributed by atoms with Crippen molar-refractivity contribution in [3.8, 4) is 0 Å². The molecular weight excluding hydrogens is 330 g/mol. The SMILES string of the molecule is C=CC/C(=N\C(O)=C/C(=C)O)C(CC)CCCC(C)C(=O)OC(C)(C)C. The number of aliphatic imine (C=N–C) groups is 1. The Morgan fingerprint density at radius 3 is 2.35 bits per heavy atom. The number of esters is 1. The number of nitrogens with zero attached hydrogens (tertiary/aromatic N) is 1. The van der Waals surface area contributed by atoms with Gasteiger partial charge in [-0.15, -0.1) is 6.58 Å². The fraction of sp³-hybridized carbons (Fsp3) is 0.619. The van der Waals surface area contributed by atoms with Crippen LogP contribution in [0.3, 0.4) is 0 Å². The third-order valence-corrected chi connectivity index (χ3v) is 3.87. The Hall–Kier alpha value is -2.04. The van der Waals surface area contributed by atoms with Gasteiger partial charge in [-0.1, -0.05) is 32.9 Å². The van der Waals surface area contributed by atoms with E-state index in [1.54, 1.807) is 6.08 Å². The Morgan fingerprint density at radius 1 is 1.27 bits per heavy atom. The van der Waals surface area contributed by atoms with Crippen LogP contribution in [0.2, 0.25) is 0 Å². The first-order valence-electron chi connectivity index (χ1n) is 9.19. The summed E-state index contributed by atoms with van der Waals surface area (Å²) >= 11 is 0. The van der Waals surface area contributed by atoms with Crippen molar-refractivity contribution in [2.75, 3.05) is 0 Å². The molecule has 0 aliphatic rings. The molecule has 0 saturated heterocycles. The third kappa shape index (κ3) is 10.7. The minimum atomic E-state index is -0.471. The fourth-order valence-corrected chi connectivity index (χ4v) is 2.58. The van der Waals surface area contributed by atoms with Gasteiger partial charge in [-0.05, 0) is 46.0 Å². The van der Waals surface area contributed by atoms with Gasteiger partial charge in [0.15, 0.2) is 0 Å². The molecule has 2 atom stereocenters. The van der Waals surface area contributed by atoms with E-state index < -0.39 is 5.60 Å². The van der Waals surface area contributed by atoms with E-state index in [1.807, 2.05) is 27.7 Å². The van der Waals surface area contributed by atoms with Crippen molar-refractivity contribution in [3.63, 3.8) is 0 Å². The summed E-state index contributed by atoms with van der Waals surface area (Å²) in [7, 11) is 0. The molecular formula is C21H35NO4. The molecule has 148 valence electrons. The monoisotopic (exact) mass is 365 g/mol. The largest absolute Gasteiger partial charge is 0.508 e. The molecule has 5 nitrogen and oxygen atoms in total. The number of carbonyl (C=O) groups is 1. The molecule has 2 unspecified atom stereocenters. The van der Waals surface area contributed by atoms with Crippen LogP contribution in [-0.4, -0.2) is 27.5 Å². The second kappa shape index (κ2) is 11.6. The minimum Gasteiger partial charge on any atom is -0.508 e. The van der Waals surface area contributed by atoms with Gasteiger partial charge in [-0.2, -0.15) is 0 Å². The van der Waals surface area contributed by atoms with Gasteiger partial charge in [-0.25, -0.2) is 4.99 Å². The van der Waals surface area contributed by atoms with Gasteiger partial charge in [0.25, 0.3) is 0 Å². The summed E-state index contributed by atoms with van der Waals surface area (Å²) in [4.78, 5) is 16.3. The van der Waals surface area contributed by atoms with Crippen LogP contribution in [0.1, 0.15) is 66.7 Å². The second-order valence-corrected chi connectivity index (χ2v) is 7.56. The van der Waals surface area contributed by atoms with Gasteiger partial charge in [0.1, 0.15) is 11.4 Å². The Bertz CT molecular complexity index is 541. The molecule has 0 radical (unpaired) electrons. The maximum atomic E-state index is 12.1. The zero-order valence-corrected chi connectivity index (χ0v) is 16.9. The van der Waals surface area contributed by atoms with E-state index in [-0.39, 0.29) is 29.4 Å². The highest BCUT2D eigenvalue weighted by molar-refractivity contribution is 5.88. The molecule has 0 aliphatic heterocycles. The Balaban J connectivity index is 4.84.